The van der Waals surface area contributed by atoms with Gasteiger partial charge in [-0.15, -0.1) is 0 Å². The molecule has 0 aliphatic carbocycles. The maximum Gasteiger partial charge on any atom is 0.229 e. The van der Waals surface area contributed by atoms with Gasteiger partial charge in [0.2, 0.25) is 23.6 Å². The van der Waals surface area contributed by atoms with Crippen molar-refractivity contribution in [1.29, 1.82) is 10.5 Å². The summed E-state index contributed by atoms with van der Waals surface area (Å²) in [5.74, 6) is 5.35. The second-order valence-electron chi connectivity index (χ2n) is 15.1. The number of amides is 4. The highest BCUT2D eigenvalue weighted by atomic mass is 16.2. The lowest BCUT2D eigenvalue weighted by Gasteiger charge is -2.27. The van der Waals surface area contributed by atoms with Crippen LogP contribution in [0.5, 0.6) is 0 Å². The van der Waals surface area contributed by atoms with Crippen LogP contribution in [0.2, 0.25) is 0 Å². The van der Waals surface area contributed by atoms with E-state index in [9.17, 15) is 29.7 Å². The van der Waals surface area contributed by atoms with E-state index in [-0.39, 0.29) is 75.2 Å². The number of hydrogen-bond acceptors (Lipinski definition) is 8. The van der Waals surface area contributed by atoms with E-state index >= 15 is 0 Å². The Morgan fingerprint density at radius 3 is 1.67 bits per heavy atom. The van der Waals surface area contributed by atoms with Gasteiger partial charge in [-0.05, 0) is 73.2 Å². The van der Waals surface area contributed by atoms with E-state index in [1.807, 2.05) is 109 Å². The highest BCUT2D eigenvalue weighted by Crippen LogP contribution is 2.30. The number of fused-ring (bicyclic) bond motifs is 4. The predicted molar refractivity (Wildman–Crippen MR) is 230 cm³/mol. The number of azo groups is 1. The fraction of sp³-hybridized carbons (Fsp3) is 0.292. The maximum absolute atomic E-state index is 13.5. The van der Waals surface area contributed by atoms with Crippen LogP contribution in [0, 0.1) is 34.5 Å². The van der Waals surface area contributed by atoms with Gasteiger partial charge in [0.25, 0.3) is 0 Å². The lowest BCUT2D eigenvalue weighted by Crippen LogP contribution is -2.35. The van der Waals surface area contributed by atoms with Gasteiger partial charge in [0.15, 0.2) is 11.1 Å². The van der Waals surface area contributed by atoms with Crippen molar-refractivity contribution in [3.8, 4) is 24.0 Å². The Morgan fingerprint density at radius 2 is 1.05 bits per heavy atom. The average Bonchev–Trinajstić information content (AvgIpc) is 3.25. The zero-order valence-electron chi connectivity index (χ0n) is 33.8. The topological polar surface area (TPSA) is 171 Å². The summed E-state index contributed by atoms with van der Waals surface area (Å²) < 4.78 is 0. The average molecular weight is 799 g/mol. The lowest BCUT2D eigenvalue weighted by molar-refractivity contribution is -0.123. The van der Waals surface area contributed by atoms with Crippen molar-refractivity contribution in [3.05, 3.63) is 130 Å². The lowest BCUT2D eigenvalue weighted by atomic mass is 9.97. The van der Waals surface area contributed by atoms with Gasteiger partial charge >= 0.3 is 0 Å². The molecule has 0 bridgehead atoms. The molecule has 2 N–H and O–H groups in total. The molecule has 4 aromatic rings. The summed E-state index contributed by atoms with van der Waals surface area (Å²) in [5.41, 5.74) is 4.15. The number of para-hydroxylation sites is 2. The number of rotatable bonds is 14. The van der Waals surface area contributed by atoms with E-state index in [1.165, 1.54) is 13.8 Å². The fourth-order valence-corrected chi connectivity index (χ4v) is 6.84. The van der Waals surface area contributed by atoms with Crippen molar-refractivity contribution in [1.82, 2.24) is 10.6 Å². The van der Waals surface area contributed by atoms with Crippen molar-refractivity contribution in [2.45, 2.75) is 76.5 Å². The molecule has 2 atom stereocenters. The zero-order chi connectivity index (χ0) is 42.5. The molecule has 2 unspecified atom stereocenters. The summed E-state index contributed by atoms with van der Waals surface area (Å²) in [6, 6.07) is 34.9. The number of anilines is 2. The van der Waals surface area contributed by atoms with E-state index in [1.54, 1.807) is 9.80 Å². The third kappa shape index (κ3) is 10.8. The summed E-state index contributed by atoms with van der Waals surface area (Å²) in [5, 5.41) is 33.9. The van der Waals surface area contributed by atoms with Crippen LogP contribution in [0.3, 0.4) is 0 Å². The first-order valence-electron chi connectivity index (χ1n) is 19.9. The molecule has 0 aromatic heterocycles. The number of nitrogens with zero attached hydrogens (tertiary/aromatic N) is 6. The Bertz CT molecular complexity index is 2490. The number of carbonyl (C=O) groups excluding carboxylic acids is 4. The van der Waals surface area contributed by atoms with Gasteiger partial charge in [-0.25, -0.2) is 0 Å². The number of nitriles is 2. The first-order valence-corrected chi connectivity index (χ1v) is 19.9. The Kier molecular flexibility index (Phi) is 13.7. The van der Waals surface area contributed by atoms with Gasteiger partial charge in [-0.3, -0.25) is 19.2 Å². The summed E-state index contributed by atoms with van der Waals surface area (Å²) in [6.45, 7) is 3.98. The normalized spacial score (nSPS) is 15.1. The maximum atomic E-state index is 13.5. The minimum atomic E-state index is -1.42. The van der Waals surface area contributed by atoms with E-state index in [4.69, 9.17) is 0 Å². The molecule has 0 saturated heterocycles. The first-order chi connectivity index (χ1) is 29.0. The molecule has 12 heteroatoms. The Balaban J connectivity index is 0.953. The molecule has 0 spiro atoms. The van der Waals surface area contributed by atoms with Gasteiger partial charge in [-0.2, -0.15) is 20.8 Å². The van der Waals surface area contributed by atoms with Crippen molar-refractivity contribution >= 4 is 47.2 Å². The number of carbonyl (C=O) groups is 4. The summed E-state index contributed by atoms with van der Waals surface area (Å²) in [7, 11) is 0. The van der Waals surface area contributed by atoms with Crippen LogP contribution in [-0.4, -0.2) is 47.8 Å². The van der Waals surface area contributed by atoms with Gasteiger partial charge in [-0.1, -0.05) is 96.8 Å². The van der Waals surface area contributed by atoms with Crippen LogP contribution < -0.4 is 20.4 Å². The van der Waals surface area contributed by atoms with Gasteiger partial charge in [0.05, 0.1) is 36.6 Å². The van der Waals surface area contributed by atoms with Crippen molar-refractivity contribution < 1.29 is 19.2 Å². The van der Waals surface area contributed by atoms with Crippen molar-refractivity contribution in [2.24, 2.45) is 10.2 Å². The zero-order valence-corrected chi connectivity index (χ0v) is 33.8. The third-order valence-corrected chi connectivity index (χ3v) is 10.5. The number of nitrogens with one attached hydrogen (secondary N) is 2. The molecule has 2 heterocycles. The molecule has 0 radical (unpaired) electrons. The van der Waals surface area contributed by atoms with E-state index in [0.717, 1.165) is 39.1 Å². The molecule has 6 rings (SSSR count). The van der Waals surface area contributed by atoms with Crippen LogP contribution in [0.15, 0.2) is 107 Å². The molecular weight excluding hydrogens is 753 g/mol. The number of benzene rings is 4. The molecule has 0 fully saturated rings. The fourth-order valence-electron chi connectivity index (χ4n) is 6.84. The monoisotopic (exact) mass is 798 g/mol. The minimum Gasteiger partial charge on any atom is -0.356 e. The summed E-state index contributed by atoms with van der Waals surface area (Å²) in [6.07, 6.45) is 4.07. The van der Waals surface area contributed by atoms with Crippen LogP contribution in [0.25, 0.3) is 12.2 Å². The largest absolute Gasteiger partial charge is 0.356 e. The molecular formula is C48H46N8O4. The third-order valence-electron chi connectivity index (χ3n) is 10.5. The highest BCUT2D eigenvalue weighted by Gasteiger charge is 2.30. The molecule has 12 nitrogen and oxygen atoms in total. The standard InChI is InChI=1S/C48H46N8O4/c1-47(33-49,27-23-43(57)51-29-25-45(59)55-31-39-15-5-3-11-35(39)19-21-37-13-7-9-17-41(37)55)53-54-48(2,34-50)28-24-44(58)52-30-26-46(60)56-32-40-16-6-4-12-36(40)20-22-38-14-8-10-18-42(38)56/h3-19,21H,23-32H2,1-2H3,(H,51,57)(H,52,58)/b21-19-,54-53?. The predicted octanol–water partition coefficient (Wildman–Crippen LogP) is 7.24. The van der Waals surface area contributed by atoms with Crippen LogP contribution in [0.4, 0.5) is 11.4 Å². The summed E-state index contributed by atoms with van der Waals surface area (Å²) >= 11 is 0. The van der Waals surface area contributed by atoms with Gasteiger partial charge < -0.3 is 20.4 Å². The molecule has 302 valence electrons. The SMILES string of the molecule is CC(C#N)(CCC(=O)NCCC(=O)N1Cc2ccccc2C#Cc2ccccc21)N=NC(C)(C#N)CCC(=O)NCCC(=O)N1Cc2ccccc2/C=C\c2ccccc21. The Hall–Kier alpha value is -7.36. The molecule has 2 aliphatic rings. The summed E-state index contributed by atoms with van der Waals surface area (Å²) in [4.78, 5) is 56.2. The minimum absolute atomic E-state index is 0.0150. The molecule has 4 amide bonds. The second-order valence-corrected chi connectivity index (χ2v) is 15.1. The van der Waals surface area contributed by atoms with Crippen LogP contribution in [0.1, 0.15) is 85.8 Å². The molecule has 60 heavy (non-hydrogen) atoms. The molecule has 0 saturated carbocycles. The first kappa shape index (κ1) is 42.3. The van der Waals surface area contributed by atoms with Gasteiger partial charge in [0.1, 0.15) is 0 Å². The smallest absolute Gasteiger partial charge is 0.229 e. The quantitative estimate of drug-likeness (QED) is 0.101. The van der Waals surface area contributed by atoms with Crippen molar-refractivity contribution in [2.75, 3.05) is 22.9 Å². The van der Waals surface area contributed by atoms with Crippen LogP contribution in [-0.2, 0) is 32.3 Å². The van der Waals surface area contributed by atoms with E-state index in [0.29, 0.717) is 18.8 Å². The molecule has 4 aromatic carbocycles. The Morgan fingerprint density at radius 1 is 0.600 bits per heavy atom. The van der Waals surface area contributed by atoms with Crippen molar-refractivity contribution in [3.63, 3.8) is 0 Å². The van der Waals surface area contributed by atoms with E-state index < -0.39 is 11.1 Å². The second kappa shape index (κ2) is 19.4. The van der Waals surface area contributed by atoms with Crippen LogP contribution >= 0.6 is 0 Å². The Labute approximate surface area is 350 Å². The highest BCUT2D eigenvalue weighted by molar-refractivity contribution is 5.97. The van der Waals surface area contributed by atoms with E-state index in [2.05, 4.69) is 44.8 Å². The number of hydrogen-bond donors (Lipinski definition) is 2. The van der Waals surface area contributed by atoms with Gasteiger partial charge in [0, 0.05) is 49.9 Å². The molecule has 2 aliphatic heterocycles.